The molecule has 0 aromatic heterocycles. The van der Waals surface area contributed by atoms with Crippen LogP contribution >= 0.6 is 11.6 Å². The number of alkyl halides is 1. The van der Waals surface area contributed by atoms with Crippen LogP contribution in [0, 0.1) is 0 Å². The molecule has 1 atom stereocenters. The highest BCUT2D eigenvalue weighted by Gasteiger charge is 2.05. The standard InChI is InChI=1S/C10H22ClNO2/c1-3-7-14-8-6-12-10(4-5-11)9-13-2/h10,12H,3-9H2,1-2H3. The second-order valence-corrected chi connectivity index (χ2v) is 3.57. The molecule has 0 aromatic rings. The van der Waals surface area contributed by atoms with Gasteiger partial charge in [-0.1, -0.05) is 6.92 Å². The third kappa shape index (κ3) is 8.75. The number of nitrogens with one attached hydrogen (secondary N) is 1. The summed E-state index contributed by atoms with van der Waals surface area (Å²) in [5.41, 5.74) is 0. The van der Waals surface area contributed by atoms with Gasteiger partial charge in [0.2, 0.25) is 0 Å². The fourth-order valence-electron chi connectivity index (χ4n) is 1.16. The van der Waals surface area contributed by atoms with Gasteiger partial charge >= 0.3 is 0 Å². The van der Waals surface area contributed by atoms with Crippen molar-refractivity contribution in [3.05, 3.63) is 0 Å². The molecule has 0 spiro atoms. The molecule has 1 unspecified atom stereocenters. The first-order chi connectivity index (χ1) is 6.85. The Bertz CT molecular complexity index is 108. The van der Waals surface area contributed by atoms with E-state index in [-0.39, 0.29) is 0 Å². The minimum Gasteiger partial charge on any atom is -0.383 e. The van der Waals surface area contributed by atoms with Crippen LogP contribution in [0.1, 0.15) is 19.8 Å². The molecule has 0 aromatic carbocycles. The molecule has 0 amide bonds. The van der Waals surface area contributed by atoms with Crippen molar-refractivity contribution in [3.8, 4) is 0 Å². The predicted octanol–water partition coefficient (Wildman–Crippen LogP) is 1.65. The van der Waals surface area contributed by atoms with Crippen LogP contribution in [0.4, 0.5) is 0 Å². The zero-order valence-electron chi connectivity index (χ0n) is 9.22. The van der Waals surface area contributed by atoms with E-state index < -0.39 is 0 Å². The van der Waals surface area contributed by atoms with Gasteiger partial charge in [-0.15, -0.1) is 11.6 Å². The third-order valence-corrected chi connectivity index (χ3v) is 2.07. The average molecular weight is 224 g/mol. The van der Waals surface area contributed by atoms with Gasteiger partial charge in [-0.2, -0.15) is 0 Å². The summed E-state index contributed by atoms with van der Waals surface area (Å²) >= 11 is 5.67. The lowest BCUT2D eigenvalue weighted by Gasteiger charge is -2.16. The minimum absolute atomic E-state index is 0.350. The van der Waals surface area contributed by atoms with E-state index in [1.807, 2.05) is 0 Å². The number of ether oxygens (including phenoxy) is 2. The van der Waals surface area contributed by atoms with Gasteiger partial charge in [-0.3, -0.25) is 0 Å². The summed E-state index contributed by atoms with van der Waals surface area (Å²) in [6.45, 7) is 5.28. The van der Waals surface area contributed by atoms with Crippen LogP contribution in [0.2, 0.25) is 0 Å². The van der Waals surface area contributed by atoms with E-state index in [1.54, 1.807) is 7.11 Å². The van der Waals surface area contributed by atoms with Gasteiger partial charge in [0.1, 0.15) is 0 Å². The van der Waals surface area contributed by atoms with Gasteiger partial charge in [0.15, 0.2) is 0 Å². The number of hydrogen-bond acceptors (Lipinski definition) is 3. The minimum atomic E-state index is 0.350. The Morgan fingerprint density at radius 3 is 2.71 bits per heavy atom. The summed E-state index contributed by atoms with van der Waals surface area (Å²) in [7, 11) is 1.70. The molecule has 0 aliphatic rings. The molecule has 0 aliphatic carbocycles. The van der Waals surface area contributed by atoms with Gasteiger partial charge in [-0.25, -0.2) is 0 Å². The van der Waals surface area contributed by atoms with Crippen molar-refractivity contribution in [2.24, 2.45) is 0 Å². The molecular formula is C10H22ClNO2. The number of rotatable bonds is 10. The number of hydrogen-bond donors (Lipinski definition) is 1. The van der Waals surface area contributed by atoms with Crippen molar-refractivity contribution < 1.29 is 9.47 Å². The Hall–Kier alpha value is 0.170. The van der Waals surface area contributed by atoms with Gasteiger partial charge in [-0.05, 0) is 12.8 Å². The summed E-state index contributed by atoms with van der Waals surface area (Å²) in [4.78, 5) is 0. The van der Waals surface area contributed by atoms with Crippen LogP contribution in [-0.2, 0) is 9.47 Å². The highest BCUT2D eigenvalue weighted by atomic mass is 35.5. The predicted molar refractivity (Wildman–Crippen MR) is 60.1 cm³/mol. The molecule has 4 heteroatoms. The molecule has 0 saturated heterocycles. The Morgan fingerprint density at radius 2 is 2.14 bits per heavy atom. The average Bonchev–Trinajstić information content (AvgIpc) is 2.18. The molecule has 0 heterocycles. The molecule has 1 N–H and O–H groups in total. The van der Waals surface area contributed by atoms with Crippen molar-refractivity contribution in [1.82, 2.24) is 5.32 Å². The Kier molecular flexibility index (Phi) is 11.4. The molecule has 14 heavy (non-hydrogen) atoms. The van der Waals surface area contributed by atoms with Crippen molar-refractivity contribution >= 4 is 11.6 Å². The zero-order chi connectivity index (χ0) is 10.6. The Morgan fingerprint density at radius 1 is 1.36 bits per heavy atom. The Labute approximate surface area is 92.1 Å². The van der Waals surface area contributed by atoms with E-state index in [2.05, 4.69) is 12.2 Å². The molecule has 0 rings (SSSR count). The Balaban J connectivity index is 3.30. The fourth-order valence-corrected chi connectivity index (χ4v) is 1.42. The van der Waals surface area contributed by atoms with Crippen molar-refractivity contribution in [1.29, 1.82) is 0 Å². The zero-order valence-corrected chi connectivity index (χ0v) is 9.98. The maximum absolute atomic E-state index is 5.67. The molecule has 86 valence electrons. The fraction of sp³-hybridized carbons (Fsp3) is 1.00. The lowest BCUT2D eigenvalue weighted by Crippen LogP contribution is -2.35. The smallest absolute Gasteiger partial charge is 0.0616 e. The summed E-state index contributed by atoms with van der Waals surface area (Å²) < 4.78 is 10.4. The van der Waals surface area contributed by atoms with Gasteiger partial charge in [0.25, 0.3) is 0 Å². The monoisotopic (exact) mass is 223 g/mol. The lowest BCUT2D eigenvalue weighted by molar-refractivity contribution is 0.123. The van der Waals surface area contributed by atoms with Crippen LogP contribution in [0.15, 0.2) is 0 Å². The van der Waals surface area contributed by atoms with Gasteiger partial charge in [0.05, 0.1) is 13.2 Å². The molecular weight excluding hydrogens is 202 g/mol. The summed E-state index contributed by atoms with van der Waals surface area (Å²) in [6.07, 6.45) is 2.01. The quantitative estimate of drug-likeness (QED) is 0.451. The highest BCUT2D eigenvalue weighted by molar-refractivity contribution is 6.17. The maximum atomic E-state index is 5.67. The largest absolute Gasteiger partial charge is 0.383 e. The first kappa shape index (κ1) is 14.2. The van der Waals surface area contributed by atoms with E-state index in [0.29, 0.717) is 18.5 Å². The first-order valence-electron chi connectivity index (χ1n) is 5.21. The number of halogens is 1. The van der Waals surface area contributed by atoms with E-state index in [4.69, 9.17) is 21.1 Å². The van der Waals surface area contributed by atoms with Crippen LogP contribution in [-0.4, -0.2) is 45.4 Å². The molecule has 0 aliphatic heterocycles. The van der Waals surface area contributed by atoms with Crippen LogP contribution in [0.5, 0.6) is 0 Å². The van der Waals surface area contributed by atoms with E-state index in [0.717, 1.165) is 32.6 Å². The lowest BCUT2D eigenvalue weighted by atomic mass is 10.2. The van der Waals surface area contributed by atoms with Gasteiger partial charge < -0.3 is 14.8 Å². The molecule has 0 saturated carbocycles. The summed E-state index contributed by atoms with van der Waals surface area (Å²) in [5.74, 6) is 0.664. The SMILES string of the molecule is CCCOCCNC(CCCl)COC. The van der Waals surface area contributed by atoms with E-state index in [9.17, 15) is 0 Å². The number of methoxy groups -OCH3 is 1. The van der Waals surface area contributed by atoms with Crippen molar-refractivity contribution in [3.63, 3.8) is 0 Å². The van der Waals surface area contributed by atoms with Crippen LogP contribution in [0.25, 0.3) is 0 Å². The van der Waals surface area contributed by atoms with E-state index in [1.165, 1.54) is 0 Å². The van der Waals surface area contributed by atoms with Crippen LogP contribution < -0.4 is 5.32 Å². The first-order valence-corrected chi connectivity index (χ1v) is 5.74. The topological polar surface area (TPSA) is 30.5 Å². The second kappa shape index (κ2) is 11.2. The van der Waals surface area contributed by atoms with Crippen molar-refractivity contribution in [2.75, 3.05) is 39.4 Å². The molecule has 0 bridgehead atoms. The third-order valence-electron chi connectivity index (χ3n) is 1.85. The summed E-state index contributed by atoms with van der Waals surface area (Å²) in [6, 6.07) is 0.350. The van der Waals surface area contributed by atoms with E-state index >= 15 is 0 Å². The second-order valence-electron chi connectivity index (χ2n) is 3.20. The van der Waals surface area contributed by atoms with Crippen molar-refractivity contribution in [2.45, 2.75) is 25.8 Å². The highest BCUT2D eigenvalue weighted by Crippen LogP contribution is 1.94. The van der Waals surface area contributed by atoms with Gasteiger partial charge in [0, 0.05) is 32.2 Å². The maximum Gasteiger partial charge on any atom is 0.0616 e. The molecule has 0 radical (unpaired) electrons. The molecule has 0 fully saturated rings. The summed E-state index contributed by atoms with van der Waals surface area (Å²) in [5, 5.41) is 3.35. The molecule has 3 nitrogen and oxygen atoms in total. The normalized spacial score (nSPS) is 13.1. The van der Waals surface area contributed by atoms with Crippen LogP contribution in [0.3, 0.4) is 0 Å².